The lowest BCUT2D eigenvalue weighted by Crippen LogP contribution is -2.60. The van der Waals surface area contributed by atoms with Gasteiger partial charge in [0.25, 0.3) is 0 Å². The maximum atomic E-state index is 13.2. The van der Waals surface area contributed by atoms with Crippen molar-refractivity contribution in [3.63, 3.8) is 0 Å². The Balaban J connectivity index is 2.09. The van der Waals surface area contributed by atoms with E-state index in [0.29, 0.717) is 6.42 Å². The van der Waals surface area contributed by atoms with E-state index in [1.54, 1.807) is 6.08 Å². The lowest BCUT2D eigenvalue weighted by molar-refractivity contribution is -0.302. The van der Waals surface area contributed by atoms with E-state index in [-0.39, 0.29) is 12.5 Å². The summed E-state index contributed by atoms with van der Waals surface area (Å²) in [5.41, 5.74) is 0. The molecule has 9 nitrogen and oxygen atoms in total. The fraction of sp³-hybridized carbons (Fsp3) is 0.911. The quantitative estimate of drug-likeness (QED) is 0.0261. The number of nitrogens with one attached hydrogen (secondary N) is 1. The Morgan fingerprint density at radius 1 is 0.375 bits per heavy atom. The minimum absolute atomic E-state index is 0.182. The van der Waals surface area contributed by atoms with E-state index in [9.17, 15) is 30.3 Å². The summed E-state index contributed by atoms with van der Waals surface area (Å²) < 4.78 is 11.3. The van der Waals surface area contributed by atoms with Gasteiger partial charge in [0, 0.05) is 6.42 Å². The average Bonchev–Trinajstić information content (AvgIpc) is 3.65. The highest BCUT2D eigenvalue weighted by Crippen LogP contribution is 2.24. The van der Waals surface area contributed by atoms with E-state index in [4.69, 9.17) is 9.47 Å². The largest absolute Gasteiger partial charge is 0.394 e. The smallest absolute Gasteiger partial charge is 0.220 e. The number of hydrogen-bond acceptors (Lipinski definition) is 8. The molecule has 9 heteroatoms. The molecule has 7 unspecified atom stereocenters. The lowest BCUT2D eigenvalue weighted by Gasteiger charge is -2.40. The van der Waals surface area contributed by atoms with Crippen LogP contribution in [0.4, 0.5) is 0 Å². The van der Waals surface area contributed by atoms with Crippen molar-refractivity contribution in [2.24, 2.45) is 0 Å². The molecule has 0 radical (unpaired) electrons. The Hall–Kier alpha value is -1.59. The molecule has 6 N–H and O–H groups in total. The second-order valence-electron chi connectivity index (χ2n) is 27.5. The molecule has 0 aromatic rings. The molecule has 0 aromatic carbocycles. The number of aliphatic hydroxyl groups is 5. The van der Waals surface area contributed by atoms with Crippen LogP contribution in [0.2, 0.25) is 0 Å². The Morgan fingerprint density at radius 3 is 0.955 bits per heavy atom. The first-order chi connectivity index (χ1) is 43.3. The van der Waals surface area contributed by atoms with Crippen LogP contribution in [0.25, 0.3) is 0 Å². The molecule has 0 aromatic heterocycles. The summed E-state index contributed by atoms with van der Waals surface area (Å²) >= 11 is 0. The fourth-order valence-corrected chi connectivity index (χ4v) is 12.8. The Bertz CT molecular complexity index is 1490. The zero-order valence-corrected chi connectivity index (χ0v) is 58.5. The topological polar surface area (TPSA) is 149 Å². The number of carbonyl (C=O) groups is 1. The number of rotatable bonds is 70. The summed E-state index contributed by atoms with van der Waals surface area (Å²) in [6, 6.07) is -0.829. The predicted octanol–water partition coefficient (Wildman–Crippen LogP) is 22.2. The zero-order valence-electron chi connectivity index (χ0n) is 58.5. The van der Waals surface area contributed by atoms with Crippen LogP contribution in [0.15, 0.2) is 36.5 Å². The fourth-order valence-electron chi connectivity index (χ4n) is 12.8. The zero-order chi connectivity index (χ0) is 63.5. The lowest BCUT2D eigenvalue weighted by atomic mass is 9.99. The molecule has 1 rings (SSSR count). The Morgan fingerprint density at radius 2 is 0.648 bits per heavy atom. The van der Waals surface area contributed by atoms with Crippen LogP contribution in [-0.4, -0.2) is 87.5 Å². The predicted molar refractivity (Wildman–Crippen MR) is 378 cm³/mol. The molecule has 1 aliphatic heterocycles. The summed E-state index contributed by atoms with van der Waals surface area (Å²) in [5.74, 6) is -0.182. The van der Waals surface area contributed by atoms with Crippen molar-refractivity contribution >= 4 is 5.91 Å². The van der Waals surface area contributed by atoms with Crippen molar-refractivity contribution in [1.29, 1.82) is 0 Å². The van der Waals surface area contributed by atoms with Crippen molar-refractivity contribution in [3.8, 4) is 0 Å². The Kier molecular flexibility index (Phi) is 65.5. The number of hydrogen-bond donors (Lipinski definition) is 6. The SMILES string of the molecule is CCCCCCCCCCCCCCCCCCCCC/C=C/CC/C=C/CC/C=C/C(O)C(COC1OC(CO)C(O)C(O)C1O)NC(=O)CCCCCCCCCCCCCCCCCCCCCCCCCCCCCCCCCCCCCC. The first kappa shape index (κ1) is 84.4. The molecule has 0 aliphatic carbocycles. The van der Waals surface area contributed by atoms with E-state index in [1.165, 1.54) is 340 Å². The van der Waals surface area contributed by atoms with Crippen molar-refractivity contribution in [3.05, 3.63) is 36.5 Å². The summed E-state index contributed by atoms with van der Waals surface area (Å²) in [4.78, 5) is 13.2. The molecule has 0 bridgehead atoms. The third-order valence-electron chi connectivity index (χ3n) is 18.9. The van der Waals surface area contributed by atoms with E-state index < -0.39 is 49.5 Å². The summed E-state index contributed by atoms with van der Waals surface area (Å²) in [5, 5.41) is 54.8. The number of unbranched alkanes of at least 4 members (excludes halogenated alkanes) is 56. The molecule has 1 aliphatic rings. The molecule has 7 atom stereocenters. The van der Waals surface area contributed by atoms with Crippen LogP contribution in [0.3, 0.4) is 0 Å². The van der Waals surface area contributed by atoms with E-state index in [0.717, 1.165) is 44.9 Å². The summed E-state index contributed by atoms with van der Waals surface area (Å²) in [7, 11) is 0. The summed E-state index contributed by atoms with van der Waals surface area (Å²) in [6.45, 7) is 3.82. The average molecular weight is 1240 g/mol. The van der Waals surface area contributed by atoms with Gasteiger partial charge in [-0.25, -0.2) is 0 Å². The van der Waals surface area contributed by atoms with E-state index in [2.05, 4.69) is 43.5 Å². The molecule has 1 saturated heterocycles. The van der Waals surface area contributed by atoms with Gasteiger partial charge in [-0.2, -0.15) is 0 Å². The van der Waals surface area contributed by atoms with Crippen LogP contribution in [0, 0.1) is 0 Å². The molecule has 0 saturated carbocycles. The molecule has 1 heterocycles. The van der Waals surface area contributed by atoms with Gasteiger partial charge in [0.1, 0.15) is 24.4 Å². The molecule has 0 spiro atoms. The first-order valence-electron chi connectivity index (χ1n) is 39.2. The van der Waals surface area contributed by atoms with Gasteiger partial charge in [-0.05, 0) is 44.9 Å². The van der Waals surface area contributed by atoms with Gasteiger partial charge in [0.05, 0.1) is 25.4 Å². The van der Waals surface area contributed by atoms with Crippen molar-refractivity contribution < 1.29 is 39.8 Å². The number of allylic oxidation sites excluding steroid dienone is 5. The van der Waals surface area contributed by atoms with Gasteiger partial charge in [0.2, 0.25) is 5.91 Å². The van der Waals surface area contributed by atoms with Gasteiger partial charge in [-0.3, -0.25) is 4.79 Å². The standard InChI is InChI=1S/C79H151NO8/c1-3-5-7-9-11-13-15-17-19-21-23-25-27-29-31-33-34-35-36-37-38-39-41-43-45-47-49-51-53-55-57-59-61-63-65-67-69-75(83)80-72(71-87-79-78(86)77(85)76(84)74(70-81)88-79)73(82)68-66-64-62-60-58-56-54-52-50-48-46-44-42-40-32-30-28-26-24-22-20-18-16-14-12-10-8-6-4-2/h50,52,58,60,66,68,72-74,76-79,81-82,84-86H,3-49,51,53-57,59,61-65,67,69-71H2,1-2H3,(H,80,83)/b52-50+,60-58+,68-66+. The number of aliphatic hydroxyl groups excluding tert-OH is 5. The van der Waals surface area contributed by atoms with Crippen molar-refractivity contribution in [2.75, 3.05) is 13.2 Å². The summed E-state index contributed by atoms with van der Waals surface area (Å²) in [6.07, 6.45) is 85.9. The van der Waals surface area contributed by atoms with E-state index >= 15 is 0 Å². The Labute approximate surface area is 546 Å². The number of carbonyl (C=O) groups excluding carboxylic acids is 1. The highest BCUT2D eigenvalue weighted by atomic mass is 16.7. The van der Waals surface area contributed by atoms with Crippen molar-refractivity contribution in [2.45, 2.75) is 448 Å². The monoisotopic (exact) mass is 1240 g/mol. The maximum Gasteiger partial charge on any atom is 0.220 e. The van der Waals surface area contributed by atoms with Crippen LogP contribution >= 0.6 is 0 Å². The van der Waals surface area contributed by atoms with E-state index in [1.807, 2.05) is 6.08 Å². The highest BCUT2D eigenvalue weighted by molar-refractivity contribution is 5.76. The molecule has 1 amide bonds. The van der Waals surface area contributed by atoms with Gasteiger partial charge >= 0.3 is 0 Å². The third kappa shape index (κ3) is 56.0. The normalized spacial score (nSPS) is 18.0. The number of amides is 1. The van der Waals surface area contributed by atoms with Crippen molar-refractivity contribution in [1.82, 2.24) is 5.32 Å². The minimum atomic E-state index is -1.58. The van der Waals surface area contributed by atoms with Crippen LogP contribution in [0.1, 0.15) is 406 Å². The molecule has 1 fully saturated rings. The molecular formula is C79H151NO8. The van der Waals surface area contributed by atoms with Gasteiger partial charge in [-0.15, -0.1) is 0 Å². The van der Waals surface area contributed by atoms with Crippen LogP contribution in [-0.2, 0) is 14.3 Å². The number of ether oxygens (including phenoxy) is 2. The van der Waals surface area contributed by atoms with Gasteiger partial charge < -0.3 is 40.3 Å². The minimum Gasteiger partial charge on any atom is -0.394 e. The second-order valence-corrected chi connectivity index (χ2v) is 27.5. The molecule has 520 valence electrons. The second kappa shape index (κ2) is 68.3. The molecular weight excluding hydrogens is 1090 g/mol. The van der Waals surface area contributed by atoms with Gasteiger partial charge in [0.15, 0.2) is 6.29 Å². The highest BCUT2D eigenvalue weighted by Gasteiger charge is 2.44. The van der Waals surface area contributed by atoms with Crippen LogP contribution in [0.5, 0.6) is 0 Å². The maximum absolute atomic E-state index is 13.2. The van der Waals surface area contributed by atoms with Crippen LogP contribution < -0.4 is 5.32 Å². The third-order valence-corrected chi connectivity index (χ3v) is 18.9. The van der Waals surface area contributed by atoms with Gasteiger partial charge in [-0.1, -0.05) is 391 Å². The molecule has 88 heavy (non-hydrogen) atoms. The first-order valence-corrected chi connectivity index (χ1v) is 39.2.